The number of H-pyrrole nitrogens is 1. The van der Waals surface area contributed by atoms with Gasteiger partial charge in [0.25, 0.3) is 11.8 Å². The van der Waals surface area contributed by atoms with Crippen molar-refractivity contribution in [3.8, 4) is 0 Å². The van der Waals surface area contributed by atoms with E-state index in [0.717, 1.165) is 27.5 Å². The molecule has 2 amide bonds. The number of aliphatic hydroxyl groups is 1. The van der Waals surface area contributed by atoms with Crippen LogP contribution in [0.15, 0.2) is 54.9 Å². The molecule has 0 aliphatic carbocycles. The van der Waals surface area contributed by atoms with E-state index in [1.165, 1.54) is 0 Å². The first-order valence-electron chi connectivity index (χ1n) is 11.5. The predicted molar refractivity (Wildman–Crippen MR) is 139 cm³/mol. The summed E-state index contributed by atoms with van der Waals surface area (Å²) in [4.78, 5) is 33.4. The van der Waals surface area contributed by atoms with Gasteiger partial charge in [0.05, 0.1) is 28.5 Å². The zero-order valence-electron chi connectivity index (χ0n) is 20.3. The van der Waals surface area contributed by atoms with Gasteiger partial charge < -0.3 is 24.5 Å². The minimum Gasteiger partial charge on any atom is -0.390 e. The van der Waals surface area contributed by atoms with E-state index < -0.39 is 17.9 Å². The molecule has 1 aliphatic rings. The fourth-order valence-electron chi connectivity index (χ4n) is 5.00. The van der Waals surface area contributed by atoms with Crippen LogP contribution in [-0.2, 0) is 16.1 Å². The van der Waals surface area contributed by atoms with Crippen molar-refractivity contribution in [1.82, 2.24) is 19.8 Å². The molecule has 4 aromatic rings. The summed E-state index contributed by atoms with van der Waals surface area (Å²) < 4.78 is 1.99. The number of aromatic amines is 1. The van der Waals surface area contributed by atoms with Gasteiger partial charge in [-0.3, -0.25) is 14.9 Å². The fraction of sp³-hybridized carbons (Fsp3) is 0.259. The van der Waals surface area contributed by atoms with Gasteiger partial charge in [-0.2, -0.15) is 0 Å². The number of carbonyl (C=O) groups is 2. The Morgan fingerprint density at radius 1 is 0.914 bits per heavy atom. The SMILES string of the molecule is CN(C)CC(O)Cn1cc(C2=C(c3c[nH]c4ccccc34)C(=O)NC2=O)c2cccc(N(C)C)c21. The van der Waals surface area contributed by atoms with Crippen LogP contribution in [0.5, 0.6) is 0 Å². The Bertz CT molecular complexity index is 1490. The lowest BCUT2D eigenvalue weighted by Gasteiger charge is -2.20. The first-order valence-corrected chi connectivity index (χ1v) is 11.5. The number of benzene rings is 2. The van der Waals surface area contributed by atoms with E-state index in [-0.39, 0.29) is 0 Å². The summed E-state index contributed by atoms with van der Waals surface area (Å²) in [6, 6.07) is 13.6. The molecule has 1 unspecified atom stereocenters. The Morgan fingerprint density at radius 2 is 1.60 bits per heavy atom. The van der Waals surface area contributed by atoms with E-state index in [1.807, 2.05) is 91.2 Å². The third-order valence-electron chi connectivity index (χ3n) is 6.40. The van der Waals surface area contributed by atoms with Crippen molar-refractivity contribution in [3.05, 3.63) is 66.0 Å². The topological polar surface area (TPSA) is 93.6 Å². The Balaban J connectivity index is 1.77. The number of hydrogen-bond acceptors (Lipinski definition) is 5. The summed E-state index contributed by atoms with van der Waals surface area (Å²) in [6.07, 6.45) is 3.06. The van der Waals surface area contributed by atoms with Crippen LogP contribution in [0.2, 0.25) is 0 Å². The largest absolute Gasteiger partial charge is 0.390 e. The summed E-state index contributed by atoms with van der Waals surface area (Å²) >= 11 is 0. The fourth-order valence-corrected chi connectivity index (χ4v) is 5.00. The summed E-state index contributed by atoms with van der Waals surface area (Å²) in [5.74, 6) is -0.828. The van der Waals surface area contributed by atoms with Crippen molar-refractivity contribution < 1.29 is 14.7 Å². The number of nitrogens with zero attached hydrogens (tertiary/aromatic N) is 3. The van der Waals surface area contributed by atoms with Crippen molar-refractivity contribution >= 4 is 50.5 Å². The summed E-state index contributed by atoms with van der Waals surface area (Å²) in [6.45, 7) is 0.853. The minimum atomic E-state index is -0.607. The third-order valence-corrected chi connectivity index (χ3v) is 6.40. The van der Waals surface area contributed by atoms with Crippen molar-refractivity contribution in [2.24, 2.45) is 0 Å². The number of aromatic nitrogens is 2. The summed E-state index contributed by atoms with van der Waals surface area (Å²) in [5.41, 5.74) is 4.83. The maximum absolute atomic E-state index is 13.2. The monoisotopic (exact) mass is 471 g/mol. The van der Waals surface area contributed by atoms with Gasteiger partial charge in [-0.1, -0.05) is 30.3 Å². The van der Waals surface area contributed by atoms with Crippen molar-refractivity contribution in [2.75, 3.05) is 39.6 Å². The van der Waals surface area contributed by atoms with Gasteiger partial charge in [0.15, 0.2) is 0 Å². The Hall–Kier alpha value is -3.88. The molecular formula is C27H29N5O3. The molecule has 0 bridgehead atoms. The van der Waals surface area contributed by atoms with Crippen LogP contribution in [-0.4, -0.2) is 72.2 Å². The second kappa shape index (κ2) is 8.72. The molecule has 2 aromatic heterocycles. The molecule has 3 N–H and O–H groups in total. The van der Waals surface area contributed by atoms with Crippen molar-refractivity contribution in [3.63, 3.8) is 0 Å². The van der Waals surface area contributed by atoms with E-state index in [0.29, 0.717) is 35.4 Å². The highest BCUT2D eigenvalue weighted by atomic mass is 16.3. The second-order valence-corrected chi connectivity index (χ2v) is 9.46. The molecule has 8 heteroatoms. The number of carbonyl (C=O) groups excluding carboxylic acids is 2. The molecule has 1 atom stereocenters. The quantitative estimate of drug-likeness (QED) is 0.361. The number of nitrogens with one attached hydrogen (secondary N) is 2. The van der Waals surface area contributed by atoms with Crippen LogP contribution in [0.3, 0.4) is 0 Å². The number of amides is 2. The van der Waals surface area contributed by atoms with Crippen molar-refractivity contribution in [2.45, 2.75) is 12.6 Å². The molecule has 2 aromatic carbocycles. The van der Waals surface area contributed by atoms with Gasteiger partial charge in [-0.05, 0) is 26.2 Å². The standard InChI is InChI=1S/C27H29N5O3/c1-30(2)13-16(33)14-32-15-20(18-9-7-11-22(25(18)32)31(3)4)24-23(26(34)29-27(24)35)19-12-28-21-10-6-5-8-17(19)21/h5-12,15-16,28,33H,13-14H2,1-4H3,(H,29,34,35). The van der Waals surface area contributed by atoms with E-state index in [2.05, 4.69) is 10.3 Å². The molecule has 3 heterocycles. The first kappa shape index (κ1) is 22.9. The molecule has 180 valence electrons. The van der Waals surface area contributed by atoms with Gasteiger partial charge in [0.2, 0.25) is 0 Å². The van der Waals surface area contributed by atoms with Gasteiger partial charge in [0, 0.05) is 67.0 Å². The molecule has 8 nitrogen and oxygen atoms in total. The summed E-state index contributed by atoms with van der Waals surface area (Å²) in [7, 11) is 7.76. The Kier molecular flexibility index (Phi) is 5.70. The van der Waals surface area contributed by atoms with Crippen LogP contribution >= 0.6 is 0 Å². The highest BCUT2D eigenvalue weighted by Gasteiger charge is 2.35. The first-order chi connectivity index (χ1) is 16.8. The molecule has 0 radical (unpaired) electrons. The lowest BCUT2D eigenvalue weighted by Crippen LogP contribution is -2.29. The smallest absolute Gasteiger partial charge is 0.259 e. The zero-order valence-corrected chi connectivity index (χ0v) is 20.3. The molecule has 0 saturated heterocycles. The number of anilines is 1. The number of imide groups is 1. The second-order valence-electron chi connectivity index (χ2n) is 9.46. The van der Waals surface area contributed by atoms with E-state index in [1.54, 1.807) is 6.20 Å². The van der Waals surface area contributed by atoms with Crippen LogP contribution in [0.4, 0.5) is 5.69 Å². The zero-order chi connectivity index (χ0) is 24.9. The summed E-state index contributed by atoms with van der Waals surface area (Å²) in [5, 5.41) is 15.0. The van der Waals surface area contributed by atoms with Crippen LogP contribution in [0, 0.1) is 0 Å². The number of para-hydroxylation sites is 2. The molecule has 0 saturated carbocycles. The van der Waals surface area contributed by atoms with Crippen molar-refractivity contribution in [1.29, 1.82) is 0 Å². The minimum absolute atomic E-state index is 0.349. The molecule has 1 aliphatic heterocycles. The van der Waals surface area contributed by atoms with Gasteiger partial charge in [0.1, 0.15) is 0 Å². The van der Waals surface area contributed by atoms with Crippen LogP contribution in [0.1, 0.15) is 11.1 Å². The molecule has 5 rings (SSSR count). The van der Waals surface area contributed by atoms with Gasteiger partial charge >= 0.3 is 0 Å². The number of hydrogen-bond donors (Lipinski definition) is 3. The maximum atomic E-state index is 13.2. The van der Waals surface area contributed by atoms with Gasteiger partial charge in [-0.15, -0.1) is 0 Å². The van der Waals surface area contributed by atoms with E-state index in [9.17, 15) is 14.7 Å². The third kappa shape index (κ3) is 3.90. The number of likely N-dealkylation sites (N-methyl/N-ethyl adjacent to an activating group) is 1. The molecular weight excluding hydrogens is 442 g/mol. The lowest BCUT2D eigenvalue weighted by molar-refractivity contribution is -0.122. The number of fused-ring (bicyclic) bond motifs is 2. The number of aliphatic hydroxyl groups excluding tert-OH is 1. The number of rotatable bonds is 7. The van der Waals surface area contributed by atoms with E-state index >= 15 is 0 Å². The molecule has 35 heavy (non-hydrogen) atoms. The molecule has 0 spiro atoms. The van der Waals surface area contributed by atoms with Crippen LogP contribution < -0.4 is 10.2 Å². The maximum Gasteiger partial charge on any atom is 0.259 e. The predicted octanol–water partition coefficient (Wildman–Crippen LogP) is 2.68. The van der Waals surface area contributed by atoms with Gasteiger partial charge in [-0.25, -0.2) is 0 Å². The molecule has 0 fully saturated rings. The van der Waals surface area contributed by atoms with Crippen LogP contribution in [0.25, 0.3) is 33.0 Å². The average molecular weight is 472 g/mol. The average Bonchev–Trinajstić information content (AvgIpc) is 3.46. The Labute approximate surface area is 203 Å². The highest BCUT2D eigenvalue weighted by Crippen LogP contribution is 2.40. The Morgan fingerprint density at radius 3 is 2.31 bits per heavy atom. The normalized spacial score (nSPS) is 15.0. The van der Waals surface area contributed by atoms with E-state index in [4.69, 9.17) is 0 Å². The lowest BCUT2D eigenvalue weighted by atomic mass is 9.95. The highest BCUT2D eigenvalue weighted by molar-refractivity contribution is 6.50.